The molecule has 0 aliphatic heterocycles. The lowest BCUT2D eigenvalue weighted by Crippen LogP contribution is -2.05. The van der Waals surface area contributed by atoms with Gasteiger partial charge in [0.1, 0.15) is 5.75 Å². The Balaban J connectivity index is 2.33. The zero-order valence-corrected chi connectivity index (χ0v) is 11.6. The quantitative estimate of drug-likeness (QED) is 0.776. The summed E-state index contributed by atoms with van der Waals surface area (Å²) in [4.78, 5) is 10.6. The number of aromatic nitrogens is 3. The van der Waals surface area contributed by atoms with Crippen LogP contribution in [0.25, 0.3) is 5.69 Å². The van der Waals surface area contributed by atoms with E-state index in [1.807, 2.05) is 25.1 Å². The van der Waals surface area contributed by atoms with Crippen LogP contribution in [0.15, 0.2) is 29.4 Å². The van der Waals surface area contributed by atoms with E-state index in [4.69, 9.17) is 15.6 Å². The van der Waals surface area contributed by atoms with Crippen LogP contribution in [0.1, 0.15) is 6.92 Å². The third-order valence-corrected chi connectivity index (χ3v) is 3.28. The van der Waals surface area contributed by atoms with Crippen LogP contribution in [0.2, 0.25) is 0 Å². The van der Waals surface area contributed by atoms with Crippen molar-refractivity contribution in [3.05, 3.63) is 24.3 Å². The third kappa shape index (κ3) is 3.21. The molecular weight excluding hydrogens is 280 g/mol. The molecule has 0 fully saturated rings. The van der Waals surface area contributed by atoms with E-state index < -0.39 is 5.97 Å². The van der Waals surface area contributed by atoms with Crippen LogP contribution in [0.4, 0.5) is 5.95 Å². The molecule has 2 aromatic rings. The van der Waals surface area contributed by atoms with E-state index in [1.54, 1.807) is 10.6 Å². The molecule has 7 nitrogen and oxygen atoms in total. The van der Waals surface area contributed by atoms with Crippen LogP contribution in [0, 0.1) is 0 Å². The predicted octanol–water partition coefficient (Wildman–Crippen LogP) is 1.42. The van der Waals surface area contributed by atoms with Crippen molar-refractivity contribution in [3.63, 3.8) is 0 Å². The Bertz CT molecular complexity index is 614. The van der Waals surface area contributed by atoms with E-state index in [9.17, 15) is 4.79 Å². The number of nitrogens with two attached hydrogens (primary N) is 1. The van der Waals surface area contributed by atoms with Gasteiger partial charge in [0.15, 0.2) is 5.16 Å². The molecule has 0 bridgehead atoms. The maximum absolute atomic E-state index is 10.6. The molecule has 0 spiro atoms. The van der Waals surface area contributed by atoms with Gasteiger partial charge in [0.2, 0.25) is 5.95 Å². The number of carbonyl (C=O) groups is 1. The number of hydrogen-bond acceptors (Lipinski definition) is 6. The summed E-state index contributed by atoms with van der Waals surface area (Å²) in [6.07, 6.45) is 0. The molecule has 8 heteroatoms. The molecule has 0 radical (unpaired) electrons. The van der Waals surface area contributed by atoms with Gasteiger partial charge in [0.05, 0.1) is 18.0 Å². The first-order chi connectivity index (χ1) is 9.61. The first-order valence-corrected chi connectivity index (χ1v) is 6.89. The molecule has 0 atom stereocenters. The molecule has 0 aliphatic rings. The number of carboxylic acid groups (broad SMARTS) is 1. The van der Waals surface area contributed by atoms with Gasteiger partial charge in [-0.25, -0.2) is 0 Å². The number of rotatable bonds is 6. The molecule has 1 aromatic carbocycles. The van der Waals surface area contributed by atoms with Crippen molar-refractivity contribution < 1.29 is 14.6 Å². The minimum atomic E-state index is -0.925. The zero-order chi connectivity index (χ0) is 14.5. The Morgan fingerprint density at radius 3 is 3.00 bits per heavy atom. The van der Waals surface area contributed by atoms with E-state index in [1.165, 1.54) is 0 Å². The van der Waals surface area contributed by atoms with Crippen LogP contribution in [0.5, 0.6) is 5.75 Å². The van der Waals surface area contributed by atoms with Crippen molar-refractivity contribution in [2.45, 2.75) is 12.1 Å². The van der Waals surface area contributed by atoms with Gasteiger partial charge in [-0.1, -0.05) is 17.8 Å². The maximum Gasteiger partial charge on any atom is 0.313 e. The lowest BCUT2D eigenvalue weighted by Gasteiger charge is -2.09. The number of nitrogens with zero attached hydrogens (tertiary/aromatic N) is 3. The van der Waals surface area contributed by atoms with Crippen molar-refractivity contribution in [3.8, 4) is 11.4 Å². The molecule has 0 unspecified atom stereocenters. The molecule has 106 valence electrons. The van der Waals surface area contributed by atoms with Gasteiger partial charge in [0, 0.05) is 6.07 Å². The fraction of sp³-hybridized carbons (Fsp3) is 0.250. The first kappa shape index (κ1) is 14.2. The zero-order valence-electron chi connectivity index (χ0n) is 10.8. The molecule has 3 N–H and O–H groups in total. The number of thioether (sulfide) groups is 1. The van der Waals surface area contributed by atoms with Crippen molar-refractivity contribution in [1.29, 1.82) is 0 Å². The number of hydrogen-bond donors (Lipinski definition) is 2. The first-order valence-electron chi connectivity index (χ1n) is 5.90. The van der Waals surface area contributed by atoms with E-state index >= 15 is 0 Å². The van der Waals surface area contributed by atoms with Gasteiger partial charge >= 0.3 is 5.97 Å². The molecule has 2 rings (SSSR count). The second kappa shape index (κ2) is 6.29. The molecule has 0 amide bonds. The Morgan fingerprint density at radius 2 is 2.30 bits per heavy atom. The second-order valence-corrected chi connectivity index (χ2v) is 4.73. The van der Waals surface area contributed by atoms with Gasteiger partial charge in [-0.15, -0.1) is 10.2 Å². The van der Waals surface area contributed by atoms with Crippen LogP contribution in [0.3, 0.4) is 0 Å². The van der Waals surface area contributed by atoms with E-state index in [-0.39, 0.29) is 11.7 Å². The summed E-state index contributed by atoms with van der Waals surface area (Å²) < 4.78 is 7.02. The van der Waals surface area contributed by atoms with Crippen molar-refractivity contribution in [2.75, 3.05) is 18.1 Å². The summed E-state index contributed by atoms with van der Waals surface area (Å²) in [6.45, 7) is 2.45. The maximum atomic E-state index is 10.6. The monoisotopic (exact) mass is 294 g/mol. The number of benzene rings is 1. The van der Waals surface area contributed by atoms with E-state index in [0.717, 1.165) is 17.4 Å². The summed E-state index contributed by atoms with van der Waals surface area (Å²) in [5, 5.41) is 16.8. The molecule has 1 heterocycles. The molecule has 0 aliphatic carbocycles. The fourth-order valence-electron chi connectivity index (χ4n) is 1.62. The number of aliphatic carboxylic acids is 1. The van der Waals surface area contributed by atoms with Crippen LogP contribution >= 0.6 is 11.8 Å². The third-order valence-electron chi connectivity index (χ3n) is 2.37. The van der Waals surface area contributed by atoms with Crippen molar-refractivity contribution in [2.24, 2.45) is 0 Å². The summed E-state index contributed by atoms with van der Waals surface area (Å²) >= 11 is 1.06. The average Bonchev–Trinajstić information content (AvgIpc) is 2.78. The lowest BCUT2D eigenvalue weighted by molar-refractivity contribution is -0.133. The number of ether oxygens (including phenoxy) is 1. The highest BCUT2D eigenvalue weighted by Crippen LogP contribution is 2.25. The Labute approximate surface area is 119 Å². The Hall–Kier alpha value is -2.22. The van der Waals surface area contributed by atoms with Crippen LogP contribution < -0.4 is 10.5 Å². The minimum Gasteiger partial charge on any atom is -0.494 e. The van der Waals surface area contributed by atoms with Gasteiger partial charge < -0.3 is 15.6 Å². The van der Waals surface area contributed by atoms with Gasteiger partial charge in [-0.3, -0.25) is 9.36 Å². The van der Waals surface area contributed by atoms with Gasteiger partial charge in [-0.05, 0) is 19.1 Å². The largest absolute Gasteiger partial charge is 0.494 e. The standard InChI is InChI=1S/C12H14N4O3S/c1-2-19-9-5-3-4-8(6-9)16-11(13)14-15-12(16)20-7-10(17)18/h3-6H,2,7H2,1H3,(H2,13,14)(H,17,18). The van der Waals surface area contributed by atoms with Gasteiger partial charge in [0.25, 0.3) is 0 Å². The normalized spacial score (nSPS) is 10.4. The Kier molecular flexibility index (Phi) is 4.46. The molecule has 1 aromatic heterocycles. The molecule has 0 saturated heterocycles. The number of nitrogen functional groups attached to an aromatic ring is 1. The van der Waals surface area contributed by atoms with Crippen molar-refractivity contribution in [1.82, 2.24) is 14.8 Å². The average molecular weight is 294 g/mol. The topological polar surface area (TPSA) is 103 Å². The summed E-state index contributed by atoms with van der Waals surface area (Å²) in [6, 6.07) is 7.28. The van der Waals surface area contributed by atoms with Crippen LogP contribution in [-0.2, 0) is 4.79 Å². The SMILES string of the molecule is CCOc1cccc(-n2c(N)nnc2SCC(=O)O)c1. The van der Waals surface area contributed by atoms with E-state index in [0.29, 0.717) is 17.5 Å². The van der Waals surface area contributed by atoms with E-state index in [2.05, 4.69) is 10.2 Å². The predicted molar refractivity (Wildman–Crippen MR) is 75.3 cm³/mol. The van der Waals surface area contributed by atoms with Crippen molar-refractivity contribution >= 4 is 23.7 Å². The van der Waals surface area contributed by atoms with Crippen LogP contribution in [-0.4, -0.2) is 38.2 Å². The summed E-state index contributed by atoms with van der Waals surface area (Å²) in [7, 11) is 0. The number of carboxylic acids is 1. The highest BCUT2D eigenvalue weighted by atomic mass is 32.2. The highest BCUT2D eigenvalue weighted by molar-refractivity contribution is 7.99. The molecule has 0 saturated carbocycles. The number of anilines is 1. The smallest absolute Gasteiger partial charge is 0.313 e. The summed E-state index contributed by atoms with van der Waals surface area (Å²) in [5.41, 5.74) is 6.52. The highest BCUT2D eigenvalue weighted by Gasteiger charge is 2.14. The summed E-state index contributed by atoms with van der Waals surface area (Å²) in [5.74, 6) is -0.131. The van der Waals surface area contributed by atoms with Gasteiger partial charge in [-0.2, -0.15) is 0 Å². The molecular formula is C12H14N4O3S. The fourth-order valence-corrected chi connectivity index (χ4v) is 2.30. The minimum absolute atomic E-state index is 0.108. The second-order valence-electron chi connectivity index (χ2n) is 3.79. The lowest BCUT2D eigenvalue weighted by atomic mass is 10.3. The molecule has 20 heavy (non-hydrogen) atoms. The Morgan fingerprint density at radius 1 is 1.50 bits per heavy atom.